The van der Waals surface area contributed by atoms with Crippen molar-refractivity contribution in [2.45, 2.75) is 58.7 Å². The maximum Gasteiger partial charge on any atom is 0.0334 e. The van der Waals surface area contributed by atoms with E-state index in [2.05, 4.69) is 55.4 Å². The molecule has 0 saturated carbocycles. The lowest BCUT2D eigenvalue weighted by Crippen LogP contribution is -2.62. The van der Waals surface area contributed by atoms with Crippen LogP contribution in [0.3, 0.4) is 0 Å². The molecule has 1 aromatic heterocycles. The highest BCUT2D eigenvalue weighted by Crippen LogP contribution is 2.27. The number of thiophene rings is 1. The lowest BCUT2D eigenvalue weighted by atomic mass is 9.90. The first kappa shape index (κ1) is 15.0. The smallest absolute Gasteiger partial charge is 0.0334 e. The molecule has 1 fully saturated rings. The van der Waals surface area contributed by atoms with Gasteiger partial charge < -0.3 is 5.32 Å². The lowest BCUT2D eigenvalue weighted by Gasteiger charge is -2.48. The Balaban J connectivity index is 2.04. The van der Waals surface area contributed by atoms with Gasteiger partial charge in [0.25, 0.3) is 0 Å². The Labute approximate surface area is 122 Å². The highest BCUT2D eigenvalue weighted by Gasteiger charge is 2.36. The average Bonchev–Trinajstić information content (AvgIpc) is 2.86. The second-order valence-electron chi connectivity index (χ2n) is 6.52. The van der Waals surface area contributed by atoms with E-state index in [1.807, 2.05) is 11.3 Å². The van der Waals surface area contributed by atoms with Crippen LogP contribution in [0.1, 0.15) is 45.4 Å². The van der Waals surface area contributed by atoms with Gasteiger partial charge >= 0.3 is 0 Å². The first-order valence-electron chi connectivity index (χ1n) is 7.54. The quantitative estimate of drug-likeness (QED) is 0.884. The standard InChI is InChI=1S/C16H28N2S/c1-5-16(4)12-17-14(9-13(2)3)10-18(16)11-15-7-6-8-19-15/h6-8,13-14,17H,5,9-12H2,1-4H3. The number of hydrogen-bond acceptors (Lipinski definition) is 3. The monoisotopic (exact) mass is 280 g/mol. The molecule has 0 aromatic carbocycles. The van der Waals surface area contributed by atoms with E-state index in [4.69, 9.17) is 0 Å². The number of nitrogens with zero attached hydrogens (tertiary/aromatic N) is 1. The number of hydrogen-bond donors (Lipinski definition) is 1. The summed E-state index contributed by atoms with van der Waals surface area (Å²) >= 11 is 1.88. The molecular formula is C16H28N2S. The van der Waals surface area contributed by atoms with Gasteiger partial charge in [0.05, 0.1) is 0 Å². The van der Waals surface area contributed by atoms with E-state index in [0.29, 0.717) is 11.6 Å². The van der Waals surface area contributed by atoms with Crippen LogP contribution in [0.5, 0.6) is 0 Å². The fourth-order valence-corrected chi connectivity index (χ4v) is 3.67. The summed E-state index contributed by atoms with van der Waals surface area (Å²) in [5.41, 5.74) is 0.303. The summed E-state index contributed by atoms with van der Waals surface area (Å²) in [7, 11) is 0. The molecule has 3 heteroatoms. The first-order valence-corrected chi connectivity index (χ1v) is 8.42. The molecule has 19 heavy (non-hydrogen) atoms. The Morgan fingerprint density at radius 3 is 2.89 bits per heavy atom. The zero-order valence-electron chi connectivity index (χ0n) is 12.8. The van der Waals surface area contributed by atoms with Crippen LogP contribution in [0.25, 0.3) is 0 Å². The molecule has 1 aliphatic heterocycles. The second kappa shape index (κ2) is 6.38. The Bertz CT molecular complexity index is 374. The molecule has 0 aliphatic carbocycles. The number of piperazine rings is 1. The van der Waals surface area contributed by atoms with Crippen LogP contribution in [0.2, 0.25) is 0 Å². The molecule has 0 radical (unpaired) electrons. The van der Waals surface area contributed by atoms with Crippen molar-refractivity contribution in [1.82, 2.24) is 10.2 Å². The fraction of sp³-hybridized carbons (Fsp3) is 0.750. The van der Waals surface area contributed by atoms with Gasteiger partial charge in [0.15, 0.2) is 0 Å². The summed E-state index contributed by atoms with van der Waals surface area (Å²) in [6, 6.07) is 5.08. The molecule has 2 unspecified atom stereocenters. The van der Waals surface area contributed by atoms with Gasteiger partial charge in [0.2, 0.25) is 0 Å². The van der Waals surface area contributed by atoms with Crippen LogP contribution in [-0.2, 0) is 6.54 Å². The minimum atomic E-state index is 0.303. The minimum Gasteiger partial charge on any atom is -0.311 e. The molecule has 1 aromatic rings. The summed E-state index contributed by atoms with van der Waals surface area (Å²) < 4.78 is 0. The van der Waals surface area contributed by atoms with Crippen molar-refractivity contribution in [1.29, 1.82) is 0 Å². The van der Waals surface area contributed by atoms with Gasteiger partial charge in [-0.05, 0) is 37.1 Å². The van der Waals surface area contributed by atoms with Crippen molar-refractivity contribution in [2.75, 3.05) is 13.1 Å². The maximum absolute atomic E-state index is 3.76. The van der Waals surface area contributed by atoms with E-state index < -0.39 is 0 Å². The molecule has 1 saturated heterocycles. The van der Waals surface area contributed by atoms with Gasteiger partial charge in [-0.3, -0.25) is 4.90 Å². The molecule has 0 spiro atoms. The lowest BCUT2D eigenvalue weighted by molar-refractivity contribution is 0.0381. The predicted molar refractivity (Wildman–Crippen MR) is 84.7 cm³/mol. The summed E-state index contributed by atoms with van der Waals surface area (Å²) in [4.78, 5) is 4.19. The van der Waals surface area contributed by atoms with Crippen molar-refractivity contribution >= 4 is 11.3 Å². The van der Waals surface area contributed by atoms with Crippen molar-refractivity contribution in [3.63, 3.8) is 0 Å². The predicted octanol–water partition coefficient (Wildman–Crippen LogP) is 3.74. The third-order valence-electron chi connectivity index (χ3n) is 4.42. The fourth-order valence-electron chi connectivity index (χ4n) is 2.95. The van der Waals surface area contributed by atoms with Crippen LogP contribution in [-0.4, -0.2) is 29.6 Å². The van der Waals surface area contributed by atoms with Gasteiger partial charge in [0.1, 0.15) is 0 Å². The van der Waals surface area contributed by atoms with Gasteiger partial charge in [-0.1, -0.05) is 26.8 Å². The van der Waals surface area contributed by atoms with E-state index in [1.165, 1.54) is 24.3 Å². The highest BCUT2D eigenvalue weighted by atomic mass is 32.1. The largest absolute Gasteiger partial charge is 0.311 e. The first-order chi connectivity index (χ1) is 9.03. The zero-order valence-corrected chi connectivity index (χ0v) is 13.6. The molecule has 1 aliphatic rings. The molecule has 0 amide bonds. The Hall–Kier alpha value is -0.380. The molecule has 0 bridgehead atoms. The normalized spacial score (nSPS) is 29.0. The molecule has 2 nitrogen and oxygen atoms in total. The van der Waals surface area contributed by atoms with E-state index >= 15 is 0 Å². The van der Waals surface area contributed by atoms with E-state index in [1.54, 1.807) is 0 Å². The van der Waals surface area contributed by atoms with E-state index in [9.17, 15) is 0 Å². The zero-order chi connectivity index (χ0) is 13.9. The molecule has 2 heterocycles. The Morgan fingerprint density at radius 2 is 2.32 bits per heavy atom. The molecule has 2 atom stereocenters. The molecule has 1 N–H and O–H groups in total. The molecular weight excluding hydrogens is 252 g/mol. The van der Waals surface area contributed by atoms with Gasteiger partial charge in [-0.2, -0.15) is 0 Å². The Morgan fingerprint density at radius 1 is 1.53 bits per heavy atom. The Kier molecular flexibility index (Phi) is 5.04. The molecule has 2 rings (SSSR count). The van der Waals surface area contributed by atoms with Crippen LogP contribution in [0, 0.1) is 5.92 Å². The summed E-state index contributed by atoms with van der Waals surface area (Å²) in [6.07, 6.45) is 2.49. The van der Waals surface area contributed by atoms with Gasteiger partial charge in [-0.15, -0.1) is 11.3 Å². The third-order valence-corrected chi connectivity index (χ3v) is 5.28. The topological polar surface area (TPSA) is 15.3 Å². The highest BCUT2D eigenvalue weighted by molar-refractivity contribution is 7.09. The SMILES string of the molecule is CCC1(C)CNC(CC(C)C)CN1Cc1cccs1. The maximum atomic E-state index is 3.76. The van der Waals surface area contributed by atoms with Crippen LogP contribution in [0.4, 0.5) is 0 Å². The summed E-state index contributed by atoms with van der Waals surface area (Å²) in [6.45, 7) is 12.8. The van der Waals surface area contributed by atoms with Crippen molar-refractivity contribution in [3.8, 4) is 0 Å². The summed E-state index contributed by atoms with van der Waals surface area (Å²) in [5, 5.41) is 5.95. The average molecular weight is 280 g/mol. The third kappa shape index (κ3) is 3.80. The second-order valence-corrected chi connectivity index (χ2v) is 7.55. The van der Waals surface area contributed by atoms with Crippen molar-refractivity contribution in [2.24, 2.45) is 5.92 Å². The summed E-state index contributed by atoms with van der Waals surface area (Å²) in [5.74, 6) is 0.770. The number of nitrogens with one attached hydrogen (secondary N) is 1. The number of rotatable bonds is 5. The molecule has 108 valence electrons. The van der Waals surface area contributed by atoms with Gasteiger partial charge in [0, 0.05) is 36.1 Å². The van der Waals surface area contributed by atoms with Crippen molar-refractivity contribution < 1.29 is 0 Å². The van der Waals surface area contributed by atoms with Gasteiger partial charge in [-0.25, -0.2) is 0 Å². The minimum absolute atomic E-state index is 0.303. The van der Waals surface area contributed by atoms with E-state index in [-0.39, 0.29) is 0 Å². The van der Waals surface area contributed by atoms with Crippen LogP contribution >= 0.6 is 11.3 Å². The van der Waals surface area contributed by atoms with Crippen molar-refractivity contribution in [3.05, 3.63) is 22.4 Å². The van der Waals surface area contributed by atoms with Crippen LogP contribution in [0.15, 0.2) is 17.5 Å². The van der Waals surface area contributed by atoms with Crippen LogP contribution < -0.4 is 5.32 Å². The van der Waals surface area contributed by atoms with E-state index in [0.717, 1.165) is 19.0 Å².